The van der Waals surface area contributed by atoms with Gasteiger partial charge in [0.05, 0.1) is 18.2 Å². The minimum Gasteiger partial charge on any atom is -0.391 e. The summed E-state index contributed by atoms with van der Waals surface area (Å²) in [7, 11) is 0. The SMILES string of the molecule is CC(C)(O)c1ccc(N(C(=O)[C@H]2C[C@@H](O)CN2C#N)C(C(=O)NC2CCCCC2)c2cccnc2)cc1. The molecule has 1 saturated carbocycles. The lowest BCUT2D eigenvalue weighted by molar-refractivity contribution is -0.128. The van der Waals surface area contributed by atoms with Gasteiger partial charge in [-0.05, 0) is 50.5 Å². The fourth-order valence-corrected chi connectivity index (χ4v) is 5.23. The Bertz CT molecular complexity index is 1120. The number of nitrogens with zero attached hydrogens (tertiary/aromatic N) is 4. The van der Waals surface area contributed by atoms with Crippen LogP contribution in [-0.2, 0) is 15.2 Å². The van der Waals surface area contributed by atoms with Crippen LogP contribution >= 0.6 is 0 Å². The van der Waals surface area contributed by atoms with E-state index < -0.39 is 29.7 Å². The first-order valence-electron chi connectivity index (χ1n) is 12.9. The number of benzene rings is 1. The Morgan fingerprint density at radius 3 is 2.49 bits per heavy atom. The highest BCUT2D eigenvalue weighted by atomic mass is 16.3. The number of carbonyl (C=O) groups is 2. The highest BCUT2D eigenvalue weighted by Crippen LogP contribution is 2.33. The van der Waals surface area contributed by atoms with E-state index >= 15 is 0 Å². The molecule has 1 unspecified atom stereocenters. The summed E-state index contributed by atoms with van der Waals surface area (Å²) in [6, 6.07) is 8.41. The van der Waals surface area contributed by atoms with Crippen molar-refractivity contribution >= 4 is 17.5 Å². The molecule has 0 spiro atoms. The van der Waals surface area contributed by atoms with E-state index in [2.05, 4.69) is 10.3 Å². The van der Waals surface area contributed by atoms with Gasteiger partial charge in [-0.2, -0.15) is 5.26 Å². The van der Waals surface area contributed by atoms with Gasteiger partial charge in [-0.25, -0.2) is 0 Å². The van der Waals surface area contributed by atoms with Crippen LogP contribution in [0.25, 0.3) is 0 Å². The van der Waals surface area contributed by atoms with Crippen molar-refractivity contribution in [2.24, 2.45) is 0 Å². The number of nitriles is 1. The molecule has 9 heteroatoms. The topological polar surface area (TPSA) is 130 Å². The zero-order valence-corrected chi connectivity index (χ0v) is 21.4. The molecular weight excluding hydrogens is 470 g/mol. The van der Waals surface area contributed by atoms with Gasteiger partial charge in [0.2, 0.25) is 5.91 Å². The molecule has 3 N–H and O–H groups in total. The second-order valence-electron chi connectivity index (χ2n) is 10.5. The number of aliphatic hydroxyl groups is 2. The molecule has 2 aromatic rings. The third-order valence-electron chi connectivity index (χ3n) is 7.24. The average molecular weight is 506 g/mol. The van der Waals surface area contributed by atoms with Crippen LogP contribution in [-0.4, -0.2) is 56.6 Å². The summed E-state index contributed by atoms with van der Waals surface area (Å²) in [5.41, 5.74) is 0.563. The molecule has 2 amide bonds. The zero-order chi connectivity index (χ0) is 26.6. The molecule has 1 aromatic carbocycles. The van der Waals surface area contributed by atoms with E-state index in [9.17, 15) is 25.1 Å². The summed E-state index contributed by atoms with van der Waals surface area (Å²) < 4.78 is 0. The molecule has 2 aliphatic rings. The highest BCUT2D eigenvalue weighted by molar-refractivity contribution is 6.04. The smallest absolute Gasteiger partial charge is 0.251 e. The number of amides is 2. The Kier molecular flexibility index (Phi) is 8.10. The maximum atomic E-state index is 14.1. The third kappa shape index (κ3) is 6.09. The summed E-state index contributed by atoms with van der Waals surface area (Å²) in [6.45, 7) is 3.40. The van der Waals surface area contributed by atoms with E-state index in [1.54, 1.807) is 62.6 Å². The van der Waals surface area contributed by atoms with Gasteiger partial charge in [-0.1, -0.05) is 37.5 Å². The Morgan fingerprint density at radius 2 is 1.89 bits per heavy atom. The lowest BCUT2D eigenvalue weighted by Crippen LogP contribution is -2.51. The zero-order valence-electron chi connectivity index (χ0n) is 21.4. The minimum atomic E-state index is -1.08. The highest BCUT2D eigenvalue weighted by Gasteiger charge is 2.43. The molecule has 1 aliphatic heterocycles. The van der Waals surface area contributed by atoms with Crippen molar-refractivity contribution in [3.63, 3.8) is 0 Å². The van der Waals surface area contributed by atoms with Gasteiger partial charge in [-0.15, -0.1) is 0 Å². The summed E-state index contributed by atoms with van der Waals surface area (Å²) in [6.07, 6.45) is 9.46. The van der Waals surface area contributed by atoms with Crippen LogP contribution in [0, 0.1) is 11.5 Å². The number of β-amino-alcohol motifs (C(OH)–C–C–N with tert-alkyl or cyclic N) is 1. The number of hydrogen-bond donors (Lipinski definition) is 3. The number of aromatic nitrogens is 1. The van der Waals surface area contributed by atoms with E-state index in [0.29, 0.717) is 16.8 Å². The number of nitrogens with one attached hydrogen (secondary N) is 1. The van der Waals surface area contributed by atoms with Crippen molar-refractivity contribution in [1.29, 1.82) is 5.26 Å². The molecule has 2 heterocycles. The van der Waals surface area contributed by atoms with Gasteiger partial charge >= 0.3 is 0 Å². The number of rotatable bonds is 7. The second-order valence-corrected chi connectivity index (χ2v) is 10.5. The quantitative estimate of drug-likeness (QED) is 0.493. The van der Waals surface area contributed by atoms with Crippen molar-refractivity contribution in [2.75, 3.05) is 11.4 Å². The predicted molar refractivity (Wildman–Crippen MR) is 138 cm³/mol. The predicted octanol–water partition coefficient (Wildman–Crippen LogP) is 2.75. The fraction of sp³-hybridized carbons (Fsp3) is 0.500. The van der Waals surface area contributed by atoms with Gasteiger partial charge in [0, 0.05) is 36.1 Å². The van der Waals surface area contributed by atoms with E-state index in [4.69, 9.17) is 0 Å². The van der Waals surface area contributed by atoms with Crippen LogP contribution in [0.5, 0.6) is 0 Å². The van der Waals surface area contributed by atoms with Crippen LogP contribution in [0.1, 0.15) is 69.5 Å². The van der Waals surface area contributed by atoms with E-state index in [1.165, 1.54) is 9.80 Å². The molecular formula is C28H35N5O4. The Balaban J connectivity index is 1.78. The number of anilines is 1. The number of pyridine rings is 1. The van der Waals surface area contributed by atoms with Gasteiger partial charge in [0.15, 0.2) is 6.19 Å². The first-order valence-corrected chi connectivity index (χ1v) is 12.9. The van der Waals surface area contributed by atoms with Gasteiger partial charge < -0.3 is 15.5 Å². The van der Waals surface area contributed by atoms with Crippen LogP contribution in [0.15, 0.2) is 48.8 Å². The molecule has 1 aliphatic carbocycles. The summed E-state index contributed by atoms with van der Waals surface area (Å²) in [5.74, 6) is -0.774. The summed E-state index contributed by atoms with van der Waals surface area (Å²) in [5, 5.41) is 33.5. The molecule has 0 radical (unpaired) electrons. The molecule has 1 aromatic heterocycles. The lowest BCUT2D eigenvalue weighted by atomic mass is 9.94. The van der Waals surface area contributed by atoms with Crippen LogP contribution < -0.4 is 10.2 Å². The molecule has 0 bridgehead atoms. The van der Waals surface area contributed by atoms with Gasteiger partial charge in [0.1, 0.15) is 12.1 Å². The monoisotopic (exact) mass is 505 g/mol. The first kappa shape index (κ1) is 26.6. The molecule has 3 atom stereocenters. The molecule has 37 heavy (non-hydrogen) atoms. The summed E-state index contributed by atoms with van der Waals surface area (Å²) in [4.78, 5) is 34.9. The van der Waals surface area contributed by atoms with E-state index in [1.807, 2.05) is 6.19 Å². The second kappa shape index (κ2) is 11.3. The number of carbonyl (C=O) groups excluding carboxylic acids is 2. The maximum absolute atomic E-state index is 14.1. The van der Waals surface area contributed by atoms with Gasteiger partial charge in [0.25, 0.3) is 5.91 Å². The Hall–Kier alpha value is -3.48. The van der Waals surface area contributed by atoms with Crippen LogP contribution in [0.4, 0.5) is 5.69 Å². The van der Waals surface area contributed by atoms with Crippen LogP contribution in [0.2, 0.25) is 0 Å². The van der Waals surface area contributed by atoms with Crippen molar-refractivity contribution in [2.45, 2.75) is 82.2 Å². The van der Waals surface area contributed by atoms with Crippen molar-refractivity contribution in [3.05, 3.63) is 59.9 Å². The number of aliphatic hydroxyl groups excluding tert-OH is 1. The average Bonchev–Trinajstić information content (AvgIpc) is 3.28. The van der Waals surface area contributed by atoms with E-state index in [0.717, 1.165) is 32.1 Å². The molecule has 2 fully saturated rings. The number of likely N-dealkylation sites (tertiary alicyclic amines) is 1. The van der Waals surface area contributed by atoms with Crippen molar-refractivity contribution < 1.29 is 19.8 Å². The minimum absolute atomic E-state index is 0.0267. The maximum Gasteiger partial charge on any atom is 0.251 e. The van der Waals surface area contributed by atoms with Crippen molar-refractivity contribution in [3.8, 4) is 6.19 Å². The summed E-state index contributed by atoms with van der Waals surface area (Å²) >= 11 is 0. The lowest BCUT2D eigenvalue weighted by Gasteiger charge is -2.35. The van der Waals surface area contributed by atoms with Gasteiger partial charge in [-0.3, -0.25) is 24.4 Å². The standard InChI is InChI=1S/C28H35N5O4/c1-28(2,37)20-10-12-22(13-11-20)33(27(36)24-15-23(34)17-32(24)18-29)25(19-7-6-14-30-16-19)26(35)31-21-8-4-3-5-9-21/h6-7,10-14,16,21,23-25,34,37H,3-5,8-9,15,17H2,1-2H3,(H,31,35)/t23-,24-,25?/m1/s1. The number of hydrogen-bond acceptors (Lipinski definition) is 7. The van der Waals surface area contributed by atoms with Crippen molar-refractivity contribution in [1.82, 2.24) is 15.2 Å². The molecule has 196 valence electrons. The fourth-order valence-electron chi connectivity index (χ4n) is 5.23. The largest absolute Gasteiger partial charge is 0.391 e. The van der Waals surface area contributed by atoms with E-state index in [-0.39, 0.29) is 24.9 Å². The molecule has 9 nitrogen and oxygen atoms in total. The Morgan fingerprint density at radius 1 is 1.19 bits per heavy atom. The Labute approximate surface area is 217 Å². The third-order valence-corrected chi connectivity index (χ3v) is 7.24. The molecule has 4 rings (SSSR count). The normalized spacial score (nSPS) is 21.2. The molecule has 1 saturated heterocycles. The first-order chi connectivity index (χ1) is 17.7. The van der Waals surface area contributed by atoms with Crippen LogP contribution in [0.3, 0.4) is 0 Å².